The average Bonchev–Trinajstić information content (AvgIpc) is 2.48. The first-order valence-corrected chi connectivity index (χ1v) is 7.28. The third-order valence-electron chi connectivity index (χ3n) is 4.16. The van der Waals surface area contributed by atoms with Gasteiger partial charge in [0, 0.05) is 6.42 Å². The molecule has 4 nitrogen and oxygen atoms in total. The molecule has 1 fully saturated rings. The van der Waals surface area contributed by atoms with Crippen LogP contribution in [0.3, 0.4) is 0 Å². The lowest BCUT2D eigenvalue weighted by molar-refractivity contribution is 0.0949. The average molecular weight is 316 g/mol. The molecule has 0 saturated carbocycles. The van der Waals surface area contributed by atoms with Crippen LogP contribution < -0.4 is 4.74 Å². The second kappa shape index (κ2) is 8.59. The van der Waals surface area contributed by atoms with Gasteiger partial charge >= 0.3 is 0 Å². The van der Waals surface area contributed by atoms with Crippen LogP contribution >= 0.6 is 12.4 Å². The number of likely N-dealkylation sites (tertiary alicyclic amines) is 1. The van der Waals surface area contributed by atoms with E-state index in [0.717, 1.165) is 24.4 Å². The Morgan fingerprint density at radius 3 is 2.57 bits per heavy atom. The molecule has 0 bridgehead atoms. The fourth-order valence-electron chi connectivity index (χ4n) is 2.87. The zero-order valence-corrected chi connectivity index (χ0v) is 13.6. The van der Waals surface area contributed by atoms with E-state index in [-0.39, 0.29) is 19.0 Å². The lowest BCUT2D eigenvalue weighted by Gasteiger charge is -2.29. The van der Waals surface area contributed by atoms with Crippen molar-refractivity contribution >= 4 is 12.4 Å². The number of ether oxygens (including phenoxy) is 1. The van der Waals surface area contributed by atoms with E-state index in [1.54, 1.807) is 7.11 Å². The van der Waals surface area contributed by atoms with Gasteiger partial charge in [0.15, 0.2) is 0 Å². The fourth-order valence-corrected chi connectivity index (χ4v) is 2.87. The number of nitrogens with zero attached hydrogens (tertiary/aromatic N) is 1. The van der Waals surface area contributed by atoms with Gasteiger partial charge in [0.05, 0.1) is 19.8 Å². The molecule has 1 aliphatic rings. The minimum Gasteiger partial charge on any atom is -0.496 e. The summed E-state index contributed by atoms with van der Waals surface area (Å²) in [4.78, 5) is 2.36. The highest BCUT2D eigenvalue weighted by molar-refractivity contribution is 5.85. The summed E-state index contributed by atoms with van der Waals surface area (Å²) in [6.45, 7) is 2.04. The van der Waals surface area contributed by atoms with Crippen molar-refractivity contribution in [1.29, 1.82) is 0 Å². The molecule has 1 heterocycles. The van der Waals surface area contributed by atoms with E-state index in [1.807, 2.05) is 6.07 Å². The molecule has 0 amide bonds. The maximum absolute atomic E-state index is 9.66. The summed E-state index contributed by atoms with van der Waals surface area (Å²) in [5.74, 6) is 1.37. The molecule has 1 aromatic carbocycles. The summed E-state index contributed by atoms with van der Waals surface area (Å²) in [5, 5.41) is 18.7. The van der Waals surface area contributed by atoms with Gasteiger partial charge in [-0.25, -0.2) is 0 Å². The van der Waals surface area contributed by atoms with Gasteiger partial charge in [-0.05, 0) is 56.1 Å². The smallest absolute Gasteiger partial charge is 0.122 e. The summed E-state index contributed by atoms with van der Waals surface area (Å²) >= 11 is 0. The van der Waals surface area contributed by atoms with E-state index in [9.17, 15) is 5.11 Å². The zero-order valence-electron chi connectivity index (χ0n) is 12.8. The van der Waals surface area contributed by atoms with Crippen molar-refractivity contribution in [2.24, 2.45) is 0 Å². The zero-order chi connectivity index (χ0) is 14.5. The number of hydrogen-bond donors (Lipinski definition) is 2. The summed E-state index contributed by atoms with van der Waals surface area (Å²) in [6.07, 6.45) is 2.05. The maximum atomic E-state index is 9.66. The van der Waals surface area contributed by atoms with Crippen molar-refractivity contribution in [2.75, 3.05) is 33.9 Å². The monoisotopic (exact) mass is 315 g/mol. The molecule has 0 aliphatic carbocycles. The Morgan fingerprint density at radius 1 is 1.33 bits per heavy atom. The van der Waals surface area contributed by atoms with Gasteiger partial charge in [-0.3, -0.25) is 0 Å². The van der Waals surface area contributed by atoms with Gasteiger partial charge in [0.2, 0.25) is 0 Å². The molecule has 120 valence electrons. The number of aliphatic hydroxyl groups is 2. The molecule has 1 saturated heterocycles. The third kappa shape index (κ3) is 4.85. The summed E-state index contributed by atoms with van der Waals surface area (Å²) in [7, 11) is 3.80. The van der Waals surface area contributed by atoms with Crippen molar-refractivity contribution in [3.8, 4) is 5.75 Å². The van der Waals surface area contributed by atoms with Crippen LogP contribution in [0.15, 0.2) is 18.2 Å². The van der Waals surface area contributed by atoms with E-state index >= 15 is 0 Å². The van der Waals surface area contributed by atoms with Gasteiger partial charge in [-0.2, -0.15) is 0 Å². The molecule has 2 N–H and O–H groups in total. The predicted octanol–water partition coefficient (Wildman–Crippen LogP) is 1.82. The van der Waals surface area contributed by atoms with Crippen LogP contribution in [-0.2, 0) is 6.42 Å². The van der Waals surface area contributed by atoms with Gasteiger partial charge in [0.25, 0.3) is 0 Å². The third-order valence-corrected chi connectivity index (χ3v) is 4.16. The van der Waals surface area contributed by atoms with E-state index in [1.165, 1.54) is 18.4 Å². The van der Waals surface area contributed by atoms with Crippen LogP contribution in [0.4, 0.5) is 0 Å². The second-order valence-electron chi connectivity index (χ2n) is 5.69. The van der Waals surface area contributed by atoms with E-state index in [2.05, 4.69) is 24.1 Å². The van der Waals surface area contributed by atoms with Gasteiger partial charge in [-0.1, -0.05) is 12.1 Å². The number of methoxy groups -OCH3 is 1. The van der Waals surface area contributed by atoms with Gasteiger partial charge in [-0.15, -0.1) is 12.4 Å². The van der Waals surface area contributed by atoms with Crippen LogP contribution in [0.1, 0.15) is 29.9 Å². The Balaban J connectivity index is 0.00000220. The standard InChI is InChI=1S/C16H25NO3.ClH/c1-17-7-5-12(6-8-17)13-3-4-16(20-2)14(9-13)10-15(19)11-18;/h3-4,9,12,15,18-19H,5-8,10-11H2,1-2H3;1H. The first-order chi connectivity index (χ1) is 9.63. The van der Waals surface area contributed by atoms with Crippen molar-refractivity contribution in [3.05, 3.63) is 29.3 Å². The number of hydrogen-bond acceptors (Lipinski definition) is 4. The molecule has 5 heteroatoms. The van der Waals surface area contributed by atoms with Crippen LogP contribution in [0.2, 0.25) is 0 Å². The molecule has 1 aliphatic heterocycles. The van der Waals surface area contributed by atoms with E-state index in [0.29, 0.717) is 12.3 Å². The summed E-state index contributed by atoms with van der Waals surface area (Å²) < 4.78 is 5.35. The maximum Gasteiger partial charge on any atom is 0.122 e. The highest BCUT2D eigenvalue weighted by Gasteiger charge is 2.20. The van der Waals surface area contributed by atoms with Crippen LogP contribution in [0.25, 0.3) is 0 Å². The molecule has 1 aromatic rings. The minimum absolute atomic E-state index is 0. The highest BCUT2D eigenvalue weighted by atomic mass is 35.5. The van der Waals surface area contributed by atoms with Crippen molar-refractivity contribution in [1.82, 2.24) is 4.90 Å². The van der Waals surface area contributed by atoms with Crippen molar-refractivity contribution < 1.29 is 14.9 Å². The largest absolute Gasteiger partial charge is 0.496 e. The lowest BCUT2D eigenvalue weighted by atomic mass is 9.88. The number of aliphatic hydroxyl groups excluding tert-OH is 2. The Labute approximate surface area is 133 Å². The molecule has 2 rings (SSSR count). The molecule has 1 atom stereocenters. The normalized spacial score (nSPS) is 18.1. The molecular weight excluding hydrogens is 290 g/mol. The Hall–Kier alpha value is -0.810. The topological polar surface area (TPSA) is 52.9 Å². The van der Waals surface area contributed by atoms with Crippen molar-refractivity contribution in [2.45, 2.75) is 31.3 Å². The number of benzene rings is 1. The van der Waals surface area contributed by atoms with Gasteiger partial charge < -0.3 is 19.8 Å². The second-order valence-corrected chi connectivity index (χ2v) is 5.69. The number of rotatable bonds is 5. The van der Waals surface area contributed by atoms with Crippen molar-refractivity contribution in [3.63, 3.8) is 0 Å². The Morgan fingerprint density at radius 2 is 2.00 bits per heavy atom. The quantitative estimate of drug-likeness (QED) is 0.870. The fraction of sp³-hybridized carbons (Fsp3) is 0.625. The highest BCUT2D eigenvalue weighted by Crippen LogP contribution is 2.31. The molecular formula is C16H26ClNO3. The van der Waals surface area contributed by atoms with Crippen LogP contribution in [-0.4, -0.2) is 55.1 Å². The van der Waals surface area contributed by atoms with Crippen LogP contribution in [0, 0.1) is 0 Å². The molecule has 0 radical (unpaired) electrons. The molecule has 0 aromatic heterocycles. The molecule has 0 spiro atoms. The van der Waals surface area contributed by atoms with Crippen LogP contribution in [0.5, 0.6) is 5.75 Å². The van der Waals surface area contributed by atoms with E-state index in [4.69, 9.17) is 9.84 Å². The van der Waals surface area contributed by atoms with E-state index < -0.39 is 6.10 Å². The first-order valence-electron chi connectivity index (χ1n) is 7.28. The predicted molar refractivity (Wildman–Crippen MR) is 86.5 cm³/mol. The number of piperidine rings is 1. The molecule has 1 unspecified atom stereocenters. The lowest BCUT2D eigenvalue weighted by Crippen LogP contribution is -2.29. The van der Waals surface area contributed by atoms with Gasteiger partial charge in [0.1, 0.15) is 5.75 Å². The summed E-state index contributed by atoms with van der Waals surface area (Å²) in [6, 6.07) is 6.24. The SMILES string of the molecule is COc1ccc(C2CCN(C)CC2)cc1CC(O)CO.Cl. The number of halogens is 1. The summed E-state index contributed by atoms with van der Waals surface area (Å²) in [5.41, 5.74) is 2.30. The first kappa shape index (κ1) is 18.2. The minimum atomic E-state index is -0.725. The Bertz CT molecular complexity index is 434. The Kier molecular flexibility index (Phi) is 7.46. The molecule has 21 heavy (non-hydrogen) atoms.